The summed E-state index contributed by atoms with van der Waals surface area (Å²) in [6.07, 6.45) is 5.41. The Hall–Kier alpha value is -1.35. The van der Waals surface area contributed by atoms with Gasteiger partial charge < -0.3 is 10.2 Å². The molecule has 1 aliphatic rings. The molecule has 22 heavy (non-hydrogen) atoms. The van der Waals surface area contributed by atoms with Crippen molar-refractivity contribution in [3.05, 3.63) is 35.9 Å². The summed E-state index contributed by atoms with van der Waals surface area (Å²) in [5.74, 6) is 0.511. The standard InChI is InChI=1S/C19H30N2O/c1-5-17(21(3)4)19(18(22)20-2)14-10-9-13-16(19)15-11-7-6-8-12-15/h6-8,11-12,16-17H,5,9-10,13-14H2,1-4H3,(H,20,22). The van der Waals surface area contributed by atoms with E-state index >= 15 is 0 Å². The van der Waals surface area contributed by atoms with Crippen LogP contribution in [0.5, 0.6) is 0 Å². The van der Waals surface area contributed by atoms with Gasteiger partial charge in [0.2, 0.25) is 5.91 Å². The molecule has 1 N–H and O–H groups in total. The van der Waals surface area contributed by atoms with Gasteiger partial charge in [0.25, 0.3) is 0 Å². The minimum absolute atomic E-state index is 0.210. The first-order valence-electron chi connectivity index (χ1n) is 8.51. The molecule has 3 unspecified atom stereocenters. The van der Waals surface area contributed by atoms with Crippen molar-refractivity contribution in [1.82, 2.24) is 10.2 Å². The van der Waals surface area contributed by atoms with E-state index in [0.717, 1.165) is 25.7 Å². The van der Waals surface area contributed by atoms with Crippen LogP contribution in [-0.4, -0.2) is 38.0 Å². The summed E-state index contributed by atoms with van der Waals surface area (Å²) in [4.78, 5) is 15.3. The Morgan fingerprint density at radius 3 is 2.55 bits per heavy atom. The average Bonchev–Trinajstić information content (AvgIpc) is 2.55. The molecule has 1 aromatic carbocycles. The zero-order chi connectivity index (χ0) is 16.2. The van der Waals surface area contributed by atoms with E-state index in [0.29, 0.717) is 5.92 Å². The molecule has 0 saturated heterocycles. The number of carbonyl (C=O) groups is 1. The fraction of sp³-hybridized carbons (Fsp3) is 0.632. The van der Waals surface area contributed by atoms with Crippen molar-refractivity contribution in [1.29, 1.82) is 0 Å². The van der Waals surface area contributed by atoms with E-state index in [-0.39, 0.29) is 17.4 Å². The second kappa shape index (κ2) is 7.28. The fourth-order valence-electron chi connectivity index (χ4n) is 4.59. The monoisotopic (exact) mass is 302 g/mol. The van der Waals surface area contributed by atoms with Crippen molar-refractivity contribution < 1.29 is 4.79 Å². The van der Waals surface area contributed by atoms with E-state index < -0.39 is 0 Å². The van der Waals surface area contributed by atoms with Crippen LogP contribution in [0.4, 0.5) is 0 Å². The van der Waals surface area contributed by atoms with Crippen molar-refractivity contribution in [2.24, 2.45) is 5.41 Å². The molecule has 0 heterocycles. The molecule has 0 radical (unpaired) electrons. The van der Waals surface area contributed by atoms with Crippen LogP contribution < -0.4 is 5.32 Å². The van der Waals surface area contributed by atoms with E-state index in [9.17, 15) is 4.79 Å². The quantitative estimate of drug-likeness (QED) is 0.904. The first-order chi connectivity index (χ1) is 10.6. The van der Waals surface area contributed by atoms with Crippen molar-refractivity contribution >= 4 is 5.91 Å². The molecule has 1 saturated carbocycles. The highest BCUT2D eigenvalue weighted by Crippen LogP contribution is 2.51. The smallest absolute Gasteiger partial charge is 0.228 e. The van der Waals surface area contributed by atoms with Gasteiger partial charge in [0.05, 0.1) is 5.41 Å². The summed E-state index contributed by atoms with van der Waals surface area (Å²) in [6.45, 7) is 2.20. The van der Waals surface area contributed by atoms with Crippen LogP contribution in [-0.2, 0) is 4.79 Å². The maximum Gasteiger partial charge on any atom is 0.228 e. The van der Waals surface area contributed by atoms with Crippen LogP contribution in [0, 0.1) is 5.41 Å². The zero-order valence-electron chi connectivity index (χ0n) is 14.4. The largest absolute Gasteiger partial charge is 0.359 e. The molecular weight excluding hydrogens is 272 g/mol. The molecular formula is C19H30N2O. The second-order valence-corrected chi connectivity index (χ2v) is 6.72. The van der Waals surface area contributed by atoms with E-state index in [1.54, 1.807) is 7.05 Å². The number of hydrogen-bond acceptors (Lipinski definition) is 2. The summed E-state index contributed by atoms with van der Waals surface area (Å²) in [6, 6.07) is 10.9. The minimum atomic E-state index is -0.327. The molecule has 0 bridgehead atoms. The highest BCUT2D eigenvalue weighted by Gasteiger charge is 2.52. The van der Waals surface area contributed by atoms with Gasteiger partial charge in [-0.3, -0.25) is 4.79 Å². The summed E-state index contributed by atoms with van der Waals surface area (Å²) in [7, 11) is 5.99. The molecule has 1 aliphatic carbocycles. The topological polar surface area (TPSA) is 32.3 Å². The molecule has 3 heteroatoms. The summed E-state index contributed by atoms with van der Waals surface area (Å²) in [5.41, 5.74) is 0.984. The Morgan fingerprint density at radius 1 is 1.32 bits per heavy atom. The SMILES string of the molecule is CCC(N(C)C)C1(C(=O)NC)CCCCC1c1ccccc1. The molecule has 3 atom stereocenters. The Balaban J connectivity index is 2.54. The van der Waals surface area contributed by atoms with Gasteiger partial charge in [-0.1, -0.05) is 50.1 Å². The lowest BCUT2D eigenvalue weighted by molar-refractivity contribution is -0.139. The van der Waals surface area contributed by atoms with E-state index in [1.807, 2.05) is 0 Å². The third-order valence-corrected chi connectivity index (χ3v) is 5.41. The molecule has 1 aromatic rings. The van der Waals surface area contributed by atoms with E-state index in [1.165, 1.54) is 12.0 Å². The van der Waals surface area contributed by atoms with Crippen LogP contribution >= 0.6 is 0 Å². The lowest BCUT2D eigenvalue weighted by Crippen LogP contribution is -2.57. The summed E-state index contributed by atoms with van der Waals surface area (Å²) >= 11 is 0. The fourth-order valence-corrected chi connectivity index (χ4v) is 4.59. The molecule has 0 aliphatic heterocycles. The van der Waals surface area contributed by atoms with Gasteiger partial charge in [-0.05, 0) is 44.8 Å². The zero-order valence-corrected chi connectivity index (χ0v) is 14.4. The van der Waals surface area contributed by atoms with Crippen molar-refractivity contribution in [2.75, 3.05) is 21.1 Å². The average molecular weight is 302 g/mol. The number of rotatable bonds is 5. The van der Waals surface area contributed by atoms with Crippen LogP contribution in [0.3, 0.4) is 0 Å². The highest BCUT2D eigenvalue weighted by molar-refractivity contribution is 5.84. The first kappa shape index (κ1) is 17.0. The van der Waals surface area contributed by atoms with Crippen molar-refractivity contribution in [2.45, 2.75) is 51.0 Å². The number of carbonyl (C=O) groups excluding carboxylic acids is 1. The third-order valence-electron chi connectivity index (χ3n) is 5.41. The Morgan fingerprint density at radius 2 is 2.00 bits per heavy atom. The Labute approximate surface area is 135 Å². The maximum absolute atomic E-state index is 13.0. The maximum atomic E-state index is 13.0. The number of nitrogens with one attached hydrogen (secondary N) is 1. The summed E-state index contributed by atoms with van der Waals surface area (Å²) in [5, 5.41) is 2.98. The predicted molar refractivity (Wildman–Crippen MR) is 91.9 cm³/mol. The van der Waals surface area contributed by atoms with Crippen LogP contribution in [0.15, 0.2) is 30.3 Å². The molecule has 1 fully saturated rings. The number of hydrogen-bond donors (Lipinski definition) is 1. The Kier molecular flexibility index (Phi) is 5.63. The number of amides is 1. The number of benzene rings is 1. The van der Waals surface area contributed by atoms with E-state index in [4.69, 9.17) is 0 Å². The van der Waals surface area contributed by atoms with Crippen LogP contribution in [0.1, 0.15) is 50.5 Å². The van der Waals surface area contributed by atoms with Crippen LogP contribution in [0.25, 0.3) is 0 Å². The molecule has 2 rings (SSSR count). The van der Waals surface area contributed by atoms with Gasteiger partial charge in [-0.2, -0.15) is 0 Å². The first-order valence-corrected chi connectivity index (χ1v) is 8.51. The Bertz CT molecular complexity index is 485. The van der Waals surface area contributed by atoms with Gasteiger partial charge in [-0.15, -0.1) is 0 Å². The minimum Gasteiger partial charge on any atom is -0.359 e. The van der Waals surface area contributed by atoms with Gasteiger partial charge in [0, 0.05) is 13.1 Å². The molecule has 0 aromatic heterocycles. The molecule has 122 valence electrons. The van der Waals surface area contributed by atoms with Crippen LogP contribution in [0.2, 0.25) is 0 Å². The van der Waals surface area contributed by atoms with Gasteiger partial charge >= 0.3 is 0 Å². The van der Waals surface area contributed by atoms with Gasteiger partial charge in [-0.25, -0.2) is 0 Å². The molecule has 1 amide bonds. The third kappa shape index (κ3) is 2.91. The summed E-state index contributed by atoms with van der Waals surface area (Å²) < 4.78 is 0. The molecule has 3 nitrogen and oxygen atoms in total. The molecule has 0 spiro atoms. The van der Waals surface area contributed by atoms with Crippen molar-refractivity contribution in [3.63, 3.8) is 0 Å². The van der Waals surface area contributed by atoms with Crippen molar-refractivity contribution in [3.8, 4) is 0 Å². The predicted octanol–water partition coefficient (Wildman–Crippen LogP) is 3.42. The van der Waals surface area contributed by atoms with Gasteiger partial charge in [0.1, 0.15) is 0 Å². The van der Waals surface area contributed by atoms with Gasteiger partial charge in [0.15, 0.2) is 0 Å². The normalized spacial score (nSPS) is 26.7. The highest BCUT2D eigenvalue weighted by atomic mass is 16.2. The van der Waals surface area contributed by atoms with E-state index in [2.05, 4.69) is 61.6 Å². The number of nitrogens with zero attached hydrogens (tertiary/aromatic N) is 1. The lowest BCUT2D eigenvalue weighted by atomic mass is 9.58. The lowest BCUT2D eigenvalue weighted by Gasteiger charge is -2.50. The second-order valence-electron chi connectivity index (χ2n) is 6.72.